The molecule has 5 rings (SSSR count). The molecule has 0 bridgehead atoms. The van der Waals surface area contributed by atoms with Gasteiger partial charge in [-0.3, -0.25) is 0 Å². The van der Waals surface area contributed by atoms with E-state index in [-0.39, 0.29) is 0 Å². The first-order chi connectivity index (χ1) is 21.3. The van der Waals surface area contributed by atoms with E-state index >= 15 is 0 Å². The molecular weight excluding hydrogens is 643 g/mol. The van der Waals surface area contributed by atoms with Crippen molar-refractivity contribution < 1.29 is 23.7 Å². The molecule has 0 spiro atoms. The van der Waals surface area contributed by atoms with E-state index < -0.39 is 19.8 Å². The third kappa shape index (κ3) is 11.0. The van der Waals surface area contributed by atoms with Crippen molar-refractivity contribution in [2.75, 3.05) is 39.8 Å². The summed E-state index contributed by atoms with van der Waals surface area (Å²) in [5.41, 5.74) is 2.44. The van der Waals surface area contributed by atoms with E-state index in [9.17, 15) is 0 Å². The fourth-order valence-electron chi connectivity index (χ4n) is 5.04. The van der Waals surface area contributed by atoms with Gasteiger partial charge in [0.05, 0.1) is 33.0 Å². The van der Waals surface area contributed by atoms with Crippen molar-refractivity contribution >= 4 is 30.5 Å². The molecule has 0 fully saturated rings. The van der Waals surface area contributed by atoms with Crippen molar-refractivity contribution in [3.63, 3.8) is 0 Å². The minimum absolute atomic E-state index is 0.305. The van der Waals surface area contributed by atoms with Gasteiger partial charge in [0.15, 0.2) is 11.5 Å². The van der Waals surface area contributed by atoms with Crippen LogP contribution in [0.15, 0.2) is 103 Å². The van der Waals surface area contributed by atoms with Crippen LogP contribution in [-0.4, -0.2) is 59.6 Å². The normalized spacial score (nSPS) is 11.8. The van der Waals surface area contributed by atoms with E-state index in [2.05, 4.69) is 111 Å². The van der Waals surface area contributed by atoms with Crippen LogP contribution in [0.3, 0.4) is 0 Å². The second-order valence-corrected chi connectivity index (χ2v) is 18.7. The van der Waals surface area contributed by atoms with Crippen molar-refractivity contribution in [3.05, 3.63) is 114 Å². The maximum absolute atomic E-state index is 5.75. The average Bonchev–Trinajstić information content (AvgIpc) is 3.51. The summed E-state index contributed by atoms with van der Waals surface area (Å²) in [5.74, 6) is 1.66. The fourth-order valence-corrected chi connectivity index (χ4v) is 13.5. The van der Waals surface area contributed by atoms with Gasteiger partial charge in [-0.1, -0.05) is 26.7 Å². The van der Waals surface area contributed by atoms with E-state index in [0.717, 1.165) is 43.8 Å². The molecule has 1 heterocycles. The van der Waals surface area contributed by atoms with Crippen LogP contribution in [0.5, 0.6) is 11.5 Å². The minimum atomic E-state index is -2.14. The maximum atomic E-state index is 5.75. The first kappa shape index (κ1) is 33.1. The number of fused-ring (bicyclic) bond motifs is 1. The first-order valence-corrected chi connectivity index (χ1v) is 20.5. The zero-order valence-corrected chi connectivity index (χ0v) is 29.0. The molecule has 0 aliphatic carbocycles. The molecule has 0 amide bonds. The van der Waals surface area contributed by atoms with Crippen LogP contribution in [0.1, 0.15) is 44.2 Å². The summed E-state index contributed by atoms with van der Waals surface area (Å²) in [6.07, 6.45) is 4.38. The van der Waals surface area contributed by atoms with Crippen molar-refractivity contribution in [1.82, 2.24) is 0 Å². The quantitative estimate of drug-likeness (QED) is 0.113. The van der Waals surface area contributed by atoms with Crippen LogP contribution in [-0.2, 0) is 27.2 Å². The second-order valence-electron chi connectivity index (χ2n) is 10.5. The number of benzene rings is 4. The molecule has 0 N–H and O–H groups in total. The van der Waals surface area contributed by atoms with Crippen molar-refractivity contribution in [2.45, 2.75) is 46.1 Å². The molecule has 4 aromatic carbocycles. The van der Waals surface area contributed by atoms with Gasteiger partial charge in [0, 0.05) is 6.61 Å². The predicted molar refractivity (Wildman–Crippen MR) is 178 cm³/mol. The molecule has 228 valence electrons. The van der Waals surface area contributed by atoms with Gasteiger partial charge in [0.25, 0.3) is 0 Å². The van der Waals surface area contributed by atoms with E-state index in [1.807, 2.05) is 6.07 Å². The Morgan fingerprint density at radius 2 is 1.02 bits per heavy atom. The molecule has 0 radical (unpaired) electrons. The number of ether oxygens (including phenoxy) is 5. The van der Waals surface area contributed by atoms with Gasteiger partial charge in [-0.05, 0) is 36.1 Å². The number of hydrogen-bond donors (Lipinski definition) is 0. The van der Waals surface area contributed by atoms with E-state index in [0.29, 0.717) is 39.8 Å². The van der Waals surface area contributed by atoms with Gasteiger partial charge >= 0.3 is 121 Å². The molecule has 0 unspecified atom stereocenters. The first-order valence-electron chi connectivity index (χ1n) is 15.6. The zero-order chi connectivity index (χ0) is 30.0. The summed E-state index contributed by atoms with van der Waals surface area (Å²) in [6, 6.07) is 37.1. The Morgan fingerprint density at radius 1 is 0.558 bits per heavy atom. The fraction of sp³-hybridized carbons (Fsp3) is 0.351. The van der Waals surface area contributed by atoms with E-state index in [1.54, 1.807) is 10.7 Å². The summed E-state index contributed by atoms with van der Waals surface area (Å²) < 4.78 is 32.2. The molecule has 0 saturated heterocycles. The van der Waals surface area contributed by atoms with Crippen LogP contribution in [0.2, 0.25) is 0 Å². The van der Waals surface area contributed by atoms with Crippen LogP contribution in [0.4, 0.5) is 0 Å². The standard InChI is InChI=1S/C19H30O5.3C6H5.Sn.H/c1-3-5-7-20-8-9-21-10-11-22-14-17-13-19-18(23-15-24-19)12-16(17)6-4-2;3*1-2-4-6-5-3-1;;/h12-13H,3-11,14-15H2,1-2H3;3*1-5H;;. The van der Waals surface area contributed by atoms with Crippen LogP contribution < -0.4 is 20.2 Å². The molecule has 1 aliphatic heterocycles. The second kappa shape index (κ2) is 19.4. The molecule has 0 atom stereocenters. The molecule has 0 saturated carbocycles. The van der Waals surface area contributed by atoms with E-state index in [4.69, 9.17) is 23.7 Å². The number of hydrogen-bond acceptors (Lipinski definition) is 5. The Bertz CT molecular complexity index is 1210. The molecule has 6 heteroatoms. The van der Waals surface area contributed by atoms with Crippen molar-refractivity contribution in [3.8, 4) is 11.5 Å². The Labute approximate surface area is 264 Å². The number of rotatable bonds is 16. The summed E-state index contributed by atoms with van der Waals surface area (Å²) in [4.78, 5) is 0. The van der Waals surface area contributed by atoms with Crippen LogP contribution >= 0.6 is 0 Å². The molecule has 0 aromatic heterocycles. The van der Waals surface area contributed by atoms with Gasteiger partial charge in [0.2, 0.25) is 6.79 Å². The third-order valence-corrected chi connectivity index (χ3v) is 16.3. The molecule has 5 nitrogen and oxygen atoms in total. The summed E-state index contributed by atoms with van der Waals surface area (Å²) in [5, 5.41) is 0. The van der Waals surface area contributed by atoms with Crippen LogP contribution in [0.25, 0.3) is 0 Å². The average molecular weight is 689 g/mol. The van der Waals surface area contributed by atoms with Gasteiger partial charge < -0.3 is 23.7 Å². The summed E-state index contributed by atoms with van der Waals surface area (Å²) in [6.45, 7) is 8.47. The predicted octanol–water partition coefficient (Wildman–Crippen LogP) is 5.65. The Morgan fingerprint density at radius 3 is 1.51 bits per heavy atom. The van der Waals surface area contributed by atoms with Gasteiger partial charge in [0.1, 0.15) is 0 Å². The molecular formula is C37H46O5Sn. The van der Waals surface area contributed by atoms with Gasteiger partial charge in [-0.15, -0.1) is 0 Å². The monoisotopic (exact) mass is 690 g/mol. The van der Waals surface area contributed by atoms with Crippen molar-refractivity contribution in [1.29, 1.82) is 0 Å². The van der Waals surface area contributed by atoms with E-state index in [1.165, 1.54) is 11.1 Å². The Hall–Kier alpha value is -2.84. The number of unbranched alkanes of at least 4 members (excludes halogenated alkanes) is 1. The summed E-state index contributed by atoms with van der Waals surface area (Å²) >= 11 is -2.14. The SMILES string of the molecule is CCCCOCCOCCOCc1cc2c(cc1CCC)OCO2.c1cc[c]([SnH]([c]2ccccc2)[c]2ccccc2)cc1. The summed E-state index contributed by atoms with van der Waals surface area (Å²) in [7, 11) is 0. The molecule has 43 heavy (non-hydrogen) atoms. The van der Waals surface area contributed by atoms with Crippen LogP contribution in [0, 0.1) is 0 Å². The third-order valence-electron chi connectivity index (χ3n) is 7.26. The topological polar surface area (TPSA) is 46.2 Å². The van der Waals surface area contributed by atoms with Crippen molar-refractivity contribution in [2.24, 2.45) is 0 Å². The zero-order valence-electron chi connectivity index (χ0n) is 25.7. The molecule has 4 aromatic rings. The molecule has 1 aliphatic rings. The number of aryl methyl sites for hydroxylation is 1. The Balaban J connectivity index is 0.000000202. The van der Waals surface area contributed by atoms with Gasteiger partial charge in [-0.25, -0.2) is 0 Å². The van der Waals surface area contributed by atoms with Gasteiger partial charge in [-0.2, -0.15) is 0 Å². The Kier molecular flexibility index (Phi) is 14.9.